The molecule has 46 heavy (non-hydrogen) atoms. The van der Waals surface area contributed by atoms with Gasteiger partial charge in [0.15, 0.2) is 11.6 Å². The standard InChI is InChI=1S/C31H31F7N2O6/c1-45-23-13-22(32)24(46-20-6-4-14(5-7-20)29(43)44)12-21(23)27(41)40-26-16-3-2-15(8-16)25(26)28(42)39-19-10-17(30(33,34)35)9-18(11-19)31(36,37)38/h9-16,20,25-26H,2-8H2,1H3,(H,39,42)(H,40,41)(H,43,44)/t14?,15-,16+,20?,25+,26-/m1/s1. The average molecular weight is 661 g/mol. The molecule has 15 heteroatoms. The second-order valence-electron chi connectivity index (χ2n) is 12.1. The lowest BCUT2D eigenvalue weighted by Crippen LogP contribution is -2.48. The minimum Gasteiger partial charge on any atom is -0.496 e. The van der Waals surface area contributed by atoms with Gasteiger partial charge < -0.3 is 25.2 Å². The third-order valence-electron chi connectivity index (χ3n) is 9.19. The molecule has 8 nitrogen and oxygen atoms in total. The number of carbonyl (C=O) groups is 3. The third-order valence-corrected chi connectivity index (χ3v) is 9.19. The van der Waals surface area contributed by atoms with Crippen LogP contribution in [0.5, 0.6) is 11.5 Å². The van der Waals surface area contributed by atoms with E-state index in [0.717, 1.165) is 12.1 Å². The number of aliphatic carboxylic acids is 1. The van der Waals surface area contributed by atoms with E-state index in [-0.39, 0.29) is 35.0 Å². The third kappa shape index (κ3) is 7.02. The van der Waals surface area contributed by atoms with Crippen molar-refractivity contribution in [3.8, 4) is 11.5 Å². The Bertz CT molecular complexity index is 1470. The Morgan fingerprint density at radius 2 is 1.43 bits per heavy atom. The molecule has 3 N–H and O–H groups in total. The predicted molar refractivity (Wildman–Crippen MR) is 148 cm³/mol. The smallest absolute Gasteiger partial charge is 0.416 e. The molecule has 0 aliphatic heterocycles. The van der Waals surface area contributed by atoms with Crippen LogP contribution < -0.4 is 20.1 Å². The maximum atomic E-state index is 14.9. The van der Waals surface area contributed by atoms with Crippen LogP contribution in [0.25, 0.3) is 0 Å². The molecule has 2 bridgehead atoms. The highest BCUT2D eigenvalue weighted by atomic mass is 19.4. The number of halogens is 7. The first-order valence-corrected chi connectivity index (χ1v) is 14.7. The number of benzene rings is 2. The van der Waals surface area contributed by atoms with Gasteiger partial charge in [-0.3, -0.25) is 14.4 Å². The summed E-state index contributed by atoms with van der Waals surface area (Å²) in [6.07, 6.45) is -7.55. The minimum absolute atomic E-state index is 0.0364. The molecule has 3 fully saturated rings. The van der Waals surface area contributed by atoms with Crippen LogP contribution >= 0.6 is 0 Å². The number of methoxy groups -OCH3 is 1. The molecular formula is C31H31F7N2O6. The normalized spacial score (nSPS) is 26.0. The molecule has 2 aromatic rings. The van der Waals surface area contributed by atoms with Gasteiger partial charge in [0.2, 0.25) is 5.91 Å². The maximum Gasteiger partial charge on any atom is 0.416 e. The van der Waals surface area contributed by atoms with Gasteiger partial charge in [-0.25, -0.2) is 4.39 Å². The van der Waals surface area contributed by atoms with Crippen molar-refractivity contribution in [1.82, 2.24) is 5.32 Å². The summed E-state index contributed by atoms with van der Waals surface area (Å²) in [4.78, 5) is 38.2. The van der Waals surface area contributed by atoms with E-state index in [0.29, 0.717) is 57.1 Å². The van der Waals surface area contributed by atoms with E-state index in [2.05, 4.69) is 10.6 Å². The van der Waals surface area contributed by atoms with Crippen LogP contribution in [0.15, 0.2) is 30.3 Å². The summed E-state index contributed by atoms with van der Waals surface area (Å²) in [5.41, 5.74) is -3.95. The molecule has 0 aromatic heterocycles. The van der Waals surface area contributed by atoms with Crippen molar-refractivity contribution < 1.29 is 59.7 Å². The van der Waals surface area contributed by atoms with Crippen LogP contribution in [0.3, 0.4) is 0 Å². The summed E-state index contributed by atoms with van der Waals surface area (Å²) in [6.45, 7) is 0. The van der Waals surface area contributed by atoms with Crippen LogP contribution in [0.1, 0.15) is 66.4 Å². The van der Waals surface area contributed by atoms with Crippen molar-refractivity contribution in [2.75, 3.05) is 12.4 Å². The first-order chi connectivity index (χ1) is 21.5. The zero-order valence-corrected chi connectivity index (χ0v) is 24.4. The molecule has 250 valence electrons. The molecule has 4 atom stereocenters. The molecular weight excluding hydrogens is 629 g/mol. The SMILES string of the molecule is COc1cc(F)c(OC2CCC(C(=O)O)CC2)cc1C(=O)N[C@@H]1[C@H]2CC[C@H](C2)[C@@H]1C(=O)Nc1cc(C(F)(F)F)cc(C(F)(F)F)c1. The number of alkyl halides is 6. The molecule has 0 saturated heterocycles. The lowest BCUT2D eigenvalue weighted by atomic mass is 9.83. The Hall–Kier alpha value is -4.04. The first-order valence-electron chi connectivity index (χ1n) is 14.7. The van der Waals surface area contributed by atoms with Crippen LogP contribution in [0, 0.1) is 29.5 Å². The second-order valence-corrected chi connectivity index (χ2v) is 12.1. The van der Waals surface area contributed by atoms with E-state index in [4.69, 9.17) is 9.47 Å². The Balaban J connectivity index is 1.35. The van der Waals surface area contributed by atoms with Crippen LogP contribution in [-0.2, 0) is 21.9 Å². The number of fused-ring (bicyclic) bond motifs is 2. The lowest BCUT2D eigenvalue weighted by molar-refractivity contribution is -0.144. The zero-order chi connectivity index (χ0) is 33.6. The number of carboxylic acids is 1. The molecule has 0 radical (unpaired) electrons. The van der Waals surface area contributed by atoms with Gasteiger partial charge in [-0.1, -0.05) is 0 Å². The molecule has 0 unspecified atom stereocenters. The Labute approximate surface area is 258 Å². The summed E-state index contributed by atoms with van der Waals surface area (Å²) in [6, 6.07) is 2.11. The summed E-state index contributed by atoms with van der Waals surface area (Å²) < 4.78 is 106. The molecule has 3 aliphatic carbocycles. The molecule has 3 aliphatic rings. The number of anilines is 1. The van der Waals surface area contributed by atoms with Crippen LogP contribution in [0.4, 0.5) is 36.4 Å². The van der Waals surface area contributed by atoms with Crippen molar-refractivity contribution >= 4 is 23.5 Å². The number of nitrogens with one attached hydrogen (secondary N) is 2. The molecule has 2 aromatic carbocycles. The minimum atomic E-state index is -5.10. The number of carbonyl (C=O) groups excluding carboxylic acids is 2. The Kier molecular flexibility index (Phi) is 9.15. The van der Waals surface area contributed by atoms with Crippen molar-refractivity contribution in [2.24, 2.45) is 23.7 Å². The summed E-state index contributed by atoms with van der Waals surface area (Å²) in [5.74, 6) is -5.65. The van der Waals surface area contributed by atoms with Crippen LogP contribution in [-0.4, -0.2) is 42.1 Å². The van der Waals surface area contributed by atoms with Gasteiger partial charge in [0, 0.05) is 17.8 Å². The fourth-order valence-corrected chi connectivity index (χ4v) is 6.94. The number of rotatable bonds is 8. The highest BCUT2D eigenvalue weighted by Gasteiger charge is 2.51. The fourth-order valence-electron chi connectivity index (χ4n) is 6.94. The van der Waals surface area contributed by atoms with E-state index in [9.17, 15) is 50.2 Å². The average Bonchev–Trinajstić information content (AvgIpc) is 3.59. The fraction of sp³-hybridized carbons (Fsp3) is 0.516. The lowest BCUT2D eigenvalue weighted by Gasteiger charge is -2.31. The van der Waals surface area contributed by atoms with Crippen molar-refractivity contribution in [3.05, 3.63) is 52.8 Å². The molecule has 0 spiro atoms. The summed E-state index contributed by atoms with van der Waals surface area (Å²) in [7, 11) is 1.22. The Morgan fingerprint density at radius 1 is 0.826 bits per heavy atom. The number of ether oxygens (including phenoxy) is 2. The van der Waals surface area contributed by atoms with Gasteiger partial charge >= 0.3 is 18.3 Å². The van der Waals surface area contributed by atoms with E-state index in [1.54, 1.807) is 0 Å². The van der Waals surface area contributed by atoms with E-state index in [1.807, 2.05) is 0 Å². The molecule has 0 heterocycles. The van der Waals surface area contributed by atoms with Gasteiger partial charge in [-0.2, -0.15) is 26.3 Å². The van der Waals surface area contributed by atoms with E-state index >= 15 is 0 Å². The zero-order valence-electron chi connectivity index (χ0n) is 24.4. The van der Waals surface area contributed by atoms with E-state index in [1.165, 1.54) is 7.11 Å². The molecule has 3 saturated carbocycles. The topological polar surface area (TPSA) is 114 Å². The maximum absolute atomic E-state index is 14.9. The largest absolute Gasteiger partial charge is 0.496 e. The van der Waals surface area contributed by atoms with Gasteiger partial charge in [-0.15, -0.1) is 0 Å². The quantitative estimate of drug-likeness (QED) is 0.273. The molecule has 5 rings (SSSR count). The van der Waals surface area contributed by atoms with Gasteiger partial charge in [0.25, 0.3) is 5.91 Å². The van der Waals surface area contributed by atoms with Gasteiger partial charge in [-0.05, 0) is 81.0 Å². The van der Waals surface area contributed by atoms with Crippen molar-refractivity contribution in [3.63, 3.8) is 0 Å². The number of hydrogen-bond donors (Lipinski definition) is 3. The van der Waals surface area contributed by atoms with E-state index < -0.39 is 76.7 Å². The summed E-state index contributed by atoms with van der Waals surface area (Å²) >= 11 is 0. The predicted octanol–water partition coefficient (Wildman–Crippen LogP) is 6.68. The monoisotopic (exact) mass is 660 g/mol. The van der Waals surface area contributed by atoms with Gasteiger partial charge in [0.1, 0.15) is 5.75 Å². The number of hydrogen-bond acceptors (Lipinski definition) is 5. The van der Waals surface area contributed by atoms with Gasteiger partial charge in [0.05, 0.1) is 41.7 Å². The first kappa shape index (κ1) is 33.3. The second kappa shape index (κ2) is 12.6. The van der Waals surface area contributed by atoms with Crippen molar-refractivity contribution in [2.45, 2.75) is 69.4 Å². The highest BCUT2D eigenvalue weighted by molar-refractivity contribution is 5.99. The molecule has 2 amide bonds. The number of carboxylic acid groups (broad SMARTS) is 1. The van der Waals surface area contributed by atoms with Crippen molar-refractivity contribution in [1.29, 1.82) is 0 Å². The Morgan fingerprint density at radius 3 is 2.00 bits per heavy atom. The summed E-state index contributed by atoms with van der Waals surface area (Å²) in [5, 5.41) is 14.2. The number of amides is 2. The van der Waals surface area contributed by atoms with Crippen LogP contribution in [0.2, 0.25) is 0 Å². The highest BCUT2D eigenvalue weighted by Crippen LogP contribution is 2.49.